The first-order valence-electron chi connectivity index (χ1n) is 6.13. The molecule has 0 atom stereocenters. The van der Waals surface area contributed by atoms with Crippen molar-refractivity contribution in [2.24, 2.45) is 11.7 Å². The van der Waals surface area contributed by atoms with E-state index < -0.39 is 0 Å². The summed E-state index contributed by atoms with van der Waals surface area (Å²) in [7, 11) is 0. The molecule has 0 aromatic carbocycles. The van der Waals surface area contributed by atoms with Gasteiger partial charge in [0, 0.05) is 19.5 Å². The number of carbonyl (C=O) groups excluding carboxylic acids is 2. The van der Waals surface area contributed by atoms with Gasteiger partial charge in [0.15, 0.2) is 10.8 Å². The number of amides is 2. The van der Waals surface area contributed by atoms with Crippen LogP contribution in [0.25, 0.3) is 0 Å². The van der Waals surface area contributed by atoms with E-state index in [1.165, 1.54) is 0 Å². The van der Waals surface area contributed by atoms with Crippen LogP contribution >= 0.6 is 11.6 Å². The smallest absolute Gasteiger partial charge is 0.274 e. The average molecular weight is 283 g/mol. The fourth-order valence-electron chi connectivity index (χ4n) is 2.22. The normalized spacial score (nSPS) is 16.4. The lowest BCUT2D eigenvalue weighted by Gasteiger charge is -2.31. The van der Waals surface area contributed by atoms with Gasteiger partial charge in [0.2, 0.25) is 5.91 Å². The molecule has 2 N–H and O–H groups in total. The molecular weight excluding hydrogens is 268 g/mol. The van der Waals surface area contributed by atoms with Gasteiger partial charge in [0.05, 0.1) is 0 Å². The number of carbonyl (C=O) groups is 2. The third-order valence-corrected chi connectivity index (χ3v) is 3.44. The molecule has 1 aromatic heterocycles. The Hall–Kier alpha value is -1.69. The summed E-state index contributed by atoms with van der Waals surface area (Å²) in [6.45, 7) is 1.22. The summed E-state index contributed by atoms with van der Waals surface area (Å²) in [4.78, 5) is 24.7. The molecule has 1 aromatic rings. The molecule has 2 rings (SSSR count). The number of likely N-dealkylation sites (tertiary alicyclic amines) is 1. The third kappa shape index (κ3) is 3.64. The van der Waals surface area contributed by atoms with E-state index in [0.29, 0.717) is 19.5 Å². The predicted molar refractivity (Wildman–Crippen MR) is 69.5 cm³/mol. The number of primary amides is 1. The molecule has 0 spiro atoms. The van der Waals surface area contributed by atoms with Crippen molar-refractivity contribution in [2.45, 2.75) is 19.3 Å². The fraction of sp³-hybridized carbons (Fsp3) is 0.500. The van der Waals surface area contributed by atoms with Gasteiger partial charge in [-0.05, 0) is 30.9 Å². The Morgan fingerprint density at radius 2 is 2.00 bits per heavy atom. The van der Waals surface area contributed by atoms with E-state index >= 15 is 0 Å². The van der Waals surface area contributed by atoms with Crippen molar-refractivity contribution in [3.63, 3.8) is 0 Å². The number of aromatic nitrogens is 2. The summed E-state index contributed by atoms with van der Waals surface area (Å²) in [5.74, 6) is -0.159. The summed E-state index contributed by atoms with van der Waals surface area (Å²) in [5.41, 5.74) is 5.46. The molecule has 0 bridgehead atoms. The summed E-state index contributed by atoms with van der Waals surface area (Å²) < 4.78 is 0. The zero-order valence-electron chi connectivity index (χ0n) is 10.4. The van der Waals surface area contributed by atoms with Crippen LogP contribution < -0.4 is 5.73 Å². The van der Waals surface area contributed by atoms with Crippen LogP contribution in [0.1, 0.15) is 29.8 Å². The Bertz CT molecular complexity index is 469. The molecular formula is C12H15ClN4O2. The third-order valence-electron chi connectivity index (χ3n) is 3.24. The number of hydrogen-bond acceptors (Lipinski definition) is 4. The van der Waals surface area contributed by atoms with Gasteiger partial charge in [-0.25, -0.2) is 0 Å². The highest BCUT2D eigenvalue weighted by atomic mass is 35.5. The number of hydrogen-bond donors (Lipinski definition) is 1. The highest BCUT2D eigenvalue weighted by Crippen LogP contribution is 2.21. The molecule has 7 heteroatoms. The first-order chi connectivity index (χ1) is 9.06. The van der Waals surface area contributed by atoms with Crippen molar-refractivity contribution in [3.8, 4) is 0 Å². The maximum Gasteiger partial charge on any atom is 0.274 e. The van der Waals surface area contributed by atoms with Gasteiger partial charge in [-0.1, -0.05) is 11.6 Å². The standard InChI is InChI=1S/C12H15ClN4O2/c13-10-2-1-9(15-16-10)12(19)17-5-3-8(4-6-17)7-11(14)18/h1-2,8H,3-7H2,(H2,14,18). The molecule has 0 unspecified atom stereocenters. The number of halogens is 1. The van der Waals surface area contributed by atoms with Crippen LogP contribution in [0.15, 0.2) is 12.1 Å². The quantitative estimate of drug-likeness (QED) is 0.890. The highest BCUT2D eigenvalue weighted by molar-refractivity contribution is 6.29. The molecule has 1 saturated heterocycles. The van der Waals surface area contributed by atoms with Crippen molar-refractivity contribution in [1.29, 1.82) is 0 Å². The maximum atomic E-state index is 12.1. The highest BCUT2D eigenvalue weighted by Gasteiger charge is 2.25. The maximum absolute atomic E-state index is 12.1. The molecule has 2 heterocycles. The van der Waals surface area contributed by atoms with Crippen LogP contribution in [0.2, 0.25) is 5.15 Å². The molecule has 1 fully saturated rings. The van der Waals surface area contributed by atoms with Gasteiger partial charge in [-0.15, -0.1) is 10.2 Å². The van der Waals surface area contributed by atoms with Crippen molar-refractivity contribution in [1.82, 2.24) is 15.1 Å². The second kappa shape index (κ2) is 5.97. The second-order valence-corrected chi connectivity index (χ2v) is 5.03. The minimum absolute atomic E-state index is 0.151. The molecule has 0 radical (unpaired) electrons. The molecule has 0 aliphatic carbocycles. The van der Waals surface area contributed by atoms with E-state index in [1.807, 2.05) is 0 Å². The van der Waals surface area contributed by atoms with Gasteiger partial charge in [0.25, 0.3) is 5.91 Å². The molecule has 19 heavy (non-hydrogen) atoms. The lowest BCUT2D eigenvalue weighted by atomic mass is 9.93. The minimum Gasteiger partial charge on any atom is -0.370 e. The van der Waals surface area contributed by atoms with Gasteiger partial charge in [-0.2, -0.15) is 0 Å². The zero-order valence-corrected chi connectivity index (χ0v) is 11.1. The monoisotopic (exact) mass is 282 g/mol. The van der Waals surface area contributed by atoms with Crippen LogP contribution in [0.4, 0.5) is 0 Å². The van der Waals surface area contributed by atoms with E-state index in [-0.39, 0.29) is 28.6 Å². The summed E-state index contributed by atoms with van der Waals surface area (Å²) >= 11 is 5.63. The van der Waals surface area contributed by atoms with E-state index in [9.17, 15) is 9.59 Å². The van der Waals surface area contributed by atoms with Crippen LogP contribution in [0, 0.1) is 5.92 Å². The minimum atomic E-state index is -0.284. The van der Waals surface area contributed by atoms with Gasteiger partial charge in [-0.3, -0.25) is 9.59 Å². The van der Waals surface area contributed by atoms with Crippen LogP contribution in [0.3, 0.4) is 0 Å². The first kappa shape index (κ1) is 13.7. The van der Waals surface area contributed by atoms with Crippen molar-refractivity contribution in [3.05, 3.63) is 23.0 Å². The molecule has 1 aliphatic heterocycles. The van der Waals surface area contributed by atoms with Gasteiger partial charge in [0.1, 0.15) is 0 Å². The predicted octanol–water partition coefficient (Wildman–Crippen LogP) is 0.858. The van der Waals surface area contributed by atoms with Gasteiger partial charge < -0.3 is 10.6 Å². The molecule has 2 amide bonds. The Balaban J connectivity index is 1.92. The number of nitrogens with two attached hydrogens (primary N) is 1. The van der Waals surface area contributed by atoms with Crippen molar-refractivity contribution >= 4 is 23.4 Å². The number of piperidine rings is 1. The van der Waals surface area contributed by atoms with Crippen LogP contribution in [0.5, 0.6) is 0 Å². The Labute approximate surface area is 115 Å². The van der Waals surface area contributed by atoms with Crippen LogP contribution in [-0.4, -0.2) is 40.0 Å². The first-order valence-corrected chi connectivity index (χ1v) is 6.51. The topological polar surface area (TPSA) is 89.2 Å². The Morgan fingerprint density at radius 1 is 1.32 bits per heavy atom. The SMILES string of the molecule is NC(=O)CC1CCN(C(=O)c2ccc(Cl)nn2)CC1. The molecule has 102 valence electrons. The largest absolute Gasteiger partial charge is 0.370 e. The van der Waals surface area contributed by atoms with Crippen molar-refractivity contribution < 1.29 is 9.59 Å². The second-order valence-electron chi connectivity index (χ2n) is 4.65. The van der Waals surface area contributed by atoms with E-state index in [0.717, 1.165) is 12.8 Å². The summed E-state index contributed by atoms with van der Waals surface area (Å²) in [5, 5.41) is 7.69. The Kier molecular flexibility index (Phi) is 4.31. The van der Waals surface area contributed by atoms with Crippen molar-refractivity contribution in [2.75, 3.05) is 13.1 Å². The molecule has 6 nitrogen and oxygen atoms in total. The van der Waals surface area contributed by atoms with E-state index in [4.69, 9.17) is 17.3 Å². The Morgan fingerprint density at radius 3 is 2.53 bits per heavy atom. The lowest BCUT2D eigenvalue weighted by Crippen LogP contribution is -2.39. The number of rotatable bonds is 3. The van der Waals surface area contributed by atoms with Gasteiger partial charge >= 0.3 is 0 Å². The average Bonchev–Trinajstić information content (AvgIpc) is 2.39. The zero-order chi connectivity index (χ0) is 13.8. The summed E-state index contributed by atoms with van der Waals surface area (Å²) in [6, 6.07) is 3.11. The lowest BCUT2D eigenvalue weighted by molar-refractivity contribution is -0.119. The van der Waals surface area contributed by atoms with Crippen LogP contribution in [-0.2, 0) is 4.79 Å². The number of nitrogens with zero attached hydrogens (tertiary/aromatic N) is 3. The molecule has 1 aliphatic rings. The summed E-state index contributed by atoms with van der Waals surface area (Å²) in [6.07, 6.45) is 1.97. The van der Waals surface area contributed by atoms with E-state index in [1.54, 1.807) is 17.0 Å². The fourth-order valence-corrected chi connectivity index (χ4v) is 2.32. The molecule has 0 saturated carbocycles. The van der Waals surface area contributed by atoms with E-state index in [2.05, 4.69) is 10.2 Å².